The van der Waals surface area contributed by atoms with Gasteiger partial charge in [-0.2, -0.15) is 0 Å². The molecule has 0 radical (unpaired) electrons. The lowest BCUT2D eigenvalue weighted by Gasteiger charge is -2.14. The molecule has 1 unspecified atom stereocenters. The molecule has 1 aliphatic rings. The van der Waals surface area contributed by atoms with Gasteiger partial charge in [0.15, 0.2) is 5.82 Å². The molecule has 0 amide bonds. The Labute approximate surface area is 182 Å². The molecular formula is C23H18ClN3O2S. The van der Waals surface area contributed by atoms with Crippen molar-refractivity contribution in [3.05, 3.63) is 77.2 Å². The average Bonchev–Trinajstić information content (AvgIpc) is 3.29. The number of carboxylic acid groups (broad SMARTS) is 1. The van der Waals surface area contributed by atoms with Crippen LogP contribution in [0.4, 0.5) is 0 Å². The highest BCUT2D eigenvalue weighted by atomic mass is 35.5. The Morgan fingerprint density at radius 2 is 2.03 bits per heavy atom. The van der Waals surface area contributed by atoms with Crippen molar-refractivity contribution in [2.75, 3.05) is 5.75 Å². The van der Waals surface area contributed by atoms with Crippen LogP contribution in [0.25, 0.3) is 22.3 Å². The van der Waals surface area contributed by atoms with Crippen LogP contribution in [0.3, 0.4) is 0 Å². The van der Waals surface area contributed by atoms with Crippen LogP contribution in [0.5, 0.6) is 0 Å². The number of aliphatic carboxylic acids is 1. The molecular weight excluding hydrogens is 418 g/mol. The maximum absolute atomic E-state index is 11.4. The summed E-state index contributed by atoms with van der Waals surface area (Å²) in [6.07, 6.45) is 5.41. The molecule has 0 bridgehead atoms. The van der Waals surface area contributed by atoms with Crippen molar-refractivity contribution < 1.29 is 9.90 Å². The van der Waals surface area contributed by atoms with Crippen molar-refractivity contribution in [3.8, 4) is 11.4 Å². The number of carbonyl (C=O) groups is 1. The van der Waals surface area contributed by atoms with E-state index in [1.165, 1.54) is 10.5 Å². The van der Waals surface area contributed by atoms with E-state index in [1.54, 1.807) is 18.5 Å². The Balaban J connectivity index is 1.58. The fourth-order valence-corrected chi connectivity index (χ4v) is 5.45. The summed E-state index contributed by atoms with van der Waals surface area (Å²) in [6, 6.07) is 13.8. The molecule has 1 aliphatic heterocycles. The lowest BCUT2D eigenvalue weighted by Crippen LogP contribution is -2.08. The third-order valence-corrected chi connectivity index (χ3v) is 6.89. The van der Waals surface area contributed by atoms with Gasteiger partial charge in [-0.05, 0) is 41.5 Å². The van der Waals surface area contributed by atoms with Crippen molar-refractivity contribution in [1.29, 1.82) is 0 Å². The largest absolute Gasteiger partial charge is 0.481 e. The first-order chi connectivity index (χ1) is 14.6. The van der Waals surface area contributed by atoms with Gasteiger partial charge in [0.25, 0.3) is 0 Å². The van der Waals surface area contributed by atoms with E-state index in [1.807, 2.05) is 36.2 Å². The number of carboxylic acids is 1. The lowest BCUT2D eigenvalue weighted by molar-refractivity contribution is -0.136. The number of nitrogens with zero attached hydrogens (tertiary/aromatic N) is 3. The first kappa shape index (κ1) is 19.2. The quantitative estimate of drug-likeness (QED) is 0.462. The number of fused-ring (bicyclic) bond motifs is 2. The van der Waals surface area contributed by atoms with Crippen LogP contribution in [0.2, 0.25) is 5.02 Å². The Hall–Kier alpha value is -2.83. The SMILES string of the molecule is O=C(O)Cc1cn(CC2CSc3ccc(Cl)cc32)c2cc(-c3ncccn3)ccc12. The zero-order valence-electron chi connectivity index (χ0n) is 16.0. The number of aromatic nitrogens is 3. The monoisotopic (exact) mass is 435 g/mol. The third kappa shape index (κ3) is 3.57. The van der Waals surface area contributed by atoms with Crippen LogP contribution in [0.1, 0.15) is 17.0 Å². The first-order valence-corrected chi connectivity index (χ1v) is 11.0. The second-order valence-corrected chi connectivity index (χ2v) is 8.87. The minimum atomic E-state index is -0.835. The van der Waals surface area contributed by atoms with Crippen LogP contribution in [-0.4, -0.2) is 31.4 Å². The van der Waals surface area contributed by atoms with E-state index in [9.17, 15) is 9.90 Å². The van der Waals surface area contributed by atoms with E-state index in [4.69, 9.17) is 11.6 Å². The highest BCUT2D eigenvalue weighted by Gasteiger charge is 2.25. The number of rotatable bonds is 5. The van der Waals surface area contributed by atoms with E-state index < -0.39 is 5.97 Å². The van der Waals surface area contributed by atoms with Crippen molar-refractivity contribution in [1.82, 2.24) is 14.5 Å². The van der Waals surface area contributed by atoms with Gasteiger partial charge >= 0.3 is 5.97 Å². The fourth-order valence-electron chi connectivity index (χ4n) is 4.05. The number of benzene rings is 2. The molecule has 5 nitrogen and oxygen atoms in total. The average molecular weight is 436 g/mol. The zero-order chi connectivity index (χ0) is 20.7. The highest BCUT2D eigenvalue weighted by Crippen LogP contribution is 2.42. The van der Waals surface area contributed by atoms with Crippen molar-refractivity contribution in [3.63, 3.8) is 0 Å². The topological polar surface area (TPSA) is 68.0 Å². The molecule has 5 rings (SSSR count). The van der Waals surface area contributed by atoms with Gasteiger partial charge in [-0.15, -0.1) is 11.8 Å². The Kier molecular flexibility index (Phi) is 4.97. The van der Waals surface area contributed by atoms with Crippen LogP contribution >= 0.6 is 23.4 Å². The van der Waals surface area contributed by atoms with Gasteiger partial charge in [-0.25, -0.2) is 9.97 Å². The number of hydrogen-bond acceptors (Lipinski definition) is 4. The predicted molar refractivity (Wildman–Crippen MR) is 119 cm³/mol. The van der Waals surface area contributed by atoms with Crippen molar-refractivity contribution in [2.45, 2.75) is 23.8 Å². The van der Waals surface area contributed by atoms with Crippen molar-refractivity contribution in [2.24, 2.45) is 0 Å². The maximum Gasteiger partial charge on any atom is 0.307 e. The second-order valence-electron chi connectivity index (χ2n) is 7.37. The summed E-state index contributed by atoms with van der Waals surface area (Å²) >= 11 is 8.08. The van der Waals surface area contributed by atoms with Crippen LogP contribution in [0.15, 0.2) is 66.0 Å². The predicted octanol–water partition coefficient (Wildman–Crippen LogP) is 5.27. The van der Waals surface area contributed by atoms with Crippen molar-refractivity contribution >= 4 is 40.2 Å². The molecule has 1 N–H and O–H groups in total. The fraction of sp³-hybridized carbons (Fsp3) is 0.174. The van der Waals surface area contributed by atoms with Gasteiger partial charge in [-0.3, -0.25) is 4.79 Å². The van der Waals surface area contributed by atoms with Gasteiger partial charge in [-0.1, -0.05) is 23.7 Å². The molecule has 2 aromatic heterocycles. The van der Waals surface area contributed by atoms with E-state index in [-0.39, 0.29) is 6.42 Å². The molecule has 0 aliphatic carbocycles. The highest BCUT2D eigenvalue weighted by molar-refractivity contribution is 7.99. The molecule has 3 heterocycles. The van der Waals surface area contributed by atoms with Crippen LogP contribution < -0.4 is 0 Å². The Morgan fingerprint density at radius 1 is 1.20 bits per heavy atom. The number of thioether (sulfide) groups is 1. The molecule has 0 saturated heterocycles. The summed E-state index contributed by atoms with van der Waals surface area (Å²) in [5.41, 5.74) is 3.98. The standard InChI is InChI=1S/C23H18ClN3O2S/c24-17-3-5-21-19(10-17)16(13-30-21)12-27-11-15(9-22(28)29)18-4-2-14(8-20(18)27)23-25-6-1-7-26-23/h1-8,10-11,16H,9,12-13H2,(H,28,29). The lowest BCUT2D eigenvalue weighted by atomic mass is 10.0. The van der Waals surface area contributed by atoms with Crippen LogP contribution in [-0.2, 0) is 17.8 Å². The van der Waals surface area contributed by atoms with E-state index in [0.717, 1.165) is 39.4 Å². The summed E-state index contributed by atoms with van der Waals surface area (Å²) in [4.78, 5) is 21.4. The zero-order valence-corrected chi connectivity index (χ0v) is 17.5. The van der Waals surface area contributed by atoms with Gasteiger partial charge in [0.05, 0.1) is 6.42 Å². The molecule has 0 saturated carbocycles. The minimum absolute atomic E-state index is 0.00743. The Bertz CT molecular complexity index is 1260. The maximum atomic E-state index is 11.4. The number of hydrogen-bond donors (Lipinski definition) is 1. The molecule has 150 valence electrons. The number of halogens is 1. The molecule has 7 heteroatoms. The summed E-state index contributed by atoms with van der Waals surface area (Å²) in [6.45, 7) is 0.759. The van der Waals surface area contributed by atoms with E-state index in [0.29, 0.717) is 11.7 Å². The van der Waals surface area contributed by atoms with Crippen LogP contribution in [0, 0.1) is 0 Å². The van der Waals surface area contributed by atoms with Gasteiger partial charge in [0.2, 0.25) is 0 Å². The van der Waals surface area contributed by atoms with E-state index >= 15 is 0 Å². The summed E-state index contributed by atoms with van der Waals surface area (Å²) in [5, 5.41) is 11.1. The van der Waals surface area contributed by atoms with E-state index in [2.05, 4.69) is 32.7 Å². The molecule has 4 aromatic rings. The van der Waals surface area contributed by atoms with Gasteiger partial charge < -0.3 is 9.67 Å². The summed E-state index contributed by atoms with van der Waals surface area (Å²) in [7, 11) is 0. The normalized spacial score (nSPS) is 15.4. The first-order valence-electron chi connectivity index (χ1n) is 9.61. The van der Waals surface area contributed by atoms with Gasteiger partial charge in [0, 0.05) is 63.2 Å². The molecule has 1 atom stereocenters. The second kappa shape index (κ2) is 7.78. The molecule has 0 spiro atoms. The molecule has 30 heavy (non-hydrogen) atoms. The Morgan fingerprint density at radius 3 is 2.83 bits per heavy atom. The molecule has 0 fully saturated rings. The molecule has 2 aromatic carbocycles. The summed E-state index contributed by atoms with van der Waals surface area (Å²) < 4.78 is 2.17. The van der Waals surface area contributed by atoms with Gasteiger partial charge in [0.1, 0.15) is 0 Å². The smallest absolute Gasteiger partial charge is 0.307 e. The summed E-state index contributed by atoms with van der Waals surface area (Å²) in [5.74, 6) is 1.11. The minimum Gasteiger partial charge on any atom is -0.481 e. The third-order valence-electron chi connectivity index (χ3n) is 5.40.